The van der Waals surface area contributed by atoms with Crippen molar-refractivity contribution in [2.24, 2.45) is 11.8 Å². The van der Waals surface area contributed by atoms with Gasteiger partial charge in [-0.15, -0.1) is 0 Å². The number of piperidine rings is 1. The molecule has 2 aromatic carbocycles. The number of aliphatic hydroxyl groups excluding tert-OH is 1. The average molecular weight is 701 g/mol. The molecule has 12 heteroatoms. The van der Waals surface area contributed by atoms with Gasteiger partial charge in [-0.3, -0.25) is 19.3 Å². The molecule has 1 aliphatic heterocycles. The number of nitrogens with one attached hydrogen (secondary N) is 3. The third-order valence-electron chi connectivity index (χ3n) is 10.1. The van der Waals surface area contributed by atoms with Crippen molar-refractivity contribution in [2.45, 2.75) is 108 Å². The highest BCUT2D eigenvalue weighted by Crippen LogP contribution is 2.39. The van der Waals surface area contributed by atoms with Crippen molar-refractivity contribution in [2.75, 3.05) is 19.3 Å². The number of hydrogen-bond acceptors (Lipinski definition) is 7. The Hall–Kier alpha value is -3.35. The van der Waals surface area contributed by atoms with Gasteiger partial charge in [-0.05, 0) is 89.5 Å². The number of fused-ring (bicyclic) bond motifs is 1. The summed E-state index contributed by atoms with van der Waals surface area (Å²) in [5, 5.41) is 20.4. The Morgan fingerprint density at radius 1 is 0.959 bits per heavy atom. The number of rotatable bonds is 12. The average Bonchev–Trinajstić information content (AvgIpc) is 3.01. The molecule has 6 atom stereocenters. The van der Waals surface area contributed by atoms with Gasteiger partial charge in [0.05, 0.1) is 22.9 Å². The van der Waals surface area contributed by atoms with Crippen molar-refractivity contribution in [3.63, 3.8) is 0 Å². The maximum absolute atomic E-state index is 14.1. The van der Waals surface area contributed by atoms with Crippen LogP contribution >= 0.6 is 0 Å². The van der Waals surface area contributed by atoms with Crippen LogP contribution in [0.1, 0.15) is 82.6 Å². The van der Waals surface area contributed by atoms with Crippen LogP contribution in [0.15, 0.2) is 54.6 Å². The van der Waals surface area contributed by atoms with Crippen molar-refractivity contribution < 1.29 is 32.3 Å². The van der Waals surface area contributed by atoms with E-state index in [1.54, 1.807) is 0 Å². The summed E-state index contributed by atoms with van der Waals surface area (Å²) in [6, 6.07) is 11.2. The Morgan fingerprint density at radius 2 is 1.61 bits per heavy atom. The number of sulfone groups is 1. The highest BCUT2D eigenvalue weighted by Gasteiger charge is 2.46. The molecular formula is C37H53FN4O6S. The molecule has 1 saturated carbocycles. The Kier molecular flexibility index (Phi) is 12.3. The van der Waals surface area contributed by atoms with E-state index in [4.69, 9.17) is 0 Å². The predicted octanol–water partition coefficient (Wildman–Crippen LogP) is 3.63. The van der Waals surface area contributed by atoms with E-state index in [9.17, 15) is 32.3 Å². The zero-order chi connectivity index (χ0) is 36.1. The van der Waals surface area contributed by atoms with Crippen LogP contribution in [0.3, 0.4) is 0 Å². The molecule has 0 radical (unpaired) electrons. The van der Waals surface area contributed by atoms with Crippen molar-refractivity contribution in [1.29, 1.82) is 0 Å². The molecule has 49 heavy (non-hydrogen) atoms. The summed E-state index contributed by atoms with van der Waals surface area (Å²) in [6.07, 6.45) is 5.12. The van der Waals surface area contributed by atoms with Crippen LogP contribution in [0.2, 0.25) is 0 Å². The zero-order valence-electron chi connectivity index (χ0n) is 29.5. The SMILES string of the molecule is CC(C)(C)NC(=O)C1C[C@@H]2CCCC[C@@H]2CN1CC(O)C(Cc1ccccc1)NC(=O)[C@@H](NC(=O)c1cccc(F)c1)C(C)(C)S(C)(=O)=O. The van der Waals surface area contributed by atoms with Crippen LogP contribution in [-0.2, 0) is 25.8 Å². The lowest BCUT2D eigenvalue weighted by molar-refractivity contribution is -0.133. The Balaban J connectivity index is 1.63. The smallest absolute Gasteiger partial charge is 0.252 e. The molecule has 2 aliphatic rings. The van der Waals surface area contributed by atoms with Gasteiger partial charge >= 0.3 is 0 Å². The number of benzene rings is 2. The minimum Gasteiger partial charge on any atom is -0.390 e. The Morgan fingerprint density at radius 3 is 2.22 bits per heavy atom. The van der Waals surface area contributed by atoms with Crippen LogP contribution in [0.5, 0.6) is 0 Å². The van der Waals surface area contributed by atoms with Gasteiger partial charge in [-0.1, -0.05) is 55.7 Å². The van der Waals surface area contributed by atoms with E-state index in [0.717, 1.165) is 43.6 Å². The molecule has 2 aromatic rings. The van der Waals surface area contributed by atoms with Gasteiger partial charge in [0.15, 0.2) is 9.84 Å². The normalized spacial score (nSPS) is 22.2. The highest BCUT2D eigenvalue weighted by atomic mass is 32.2. The van der Waals surface area contributed by atoms with E-state index in [-0.39, 0.29) is 24.4 Å². The number of carbonyl (C=O) groups excluding carboxylic acids is 3. The van der Waals surface area contributed by atoms with Crippen LogP contribution in [0.4, 0.5) is 4.39 Å². The van der Waals surface area contributed by atoms with Gasteiger partial charge in [0.25, 0.3) is 5.91 Å². The second kappa shape index (κ2) is 15.7. The second-order valence-electron chi connectivity index (χ2n) is 15.4. The lowest BCUT2D eigenvalue weighted by Crippen LogP contribution is -2.64. The van der Waals surface area contributed by atoms with Crippen LogP contribution in [-0.4, -0.2) is 90.0 Å². The maximum Gasteiger partial charge on any atom is 0.252 e. The number of carbonyl (C=O) groups is 3. The van der Waals surface area contributed by atoms with Crippen LogP contribution in [0, 0.1) is 17.7 Å². The van der Waals surface area contributed by atoms with Gasteiger partial charge in [-0.2, -0.15) is 0 Å². The first-order chi connectivity index (χ1) is 22.9. The van der Waals surface area contributed by atoms with Crippen molar-refractivity contribution in [3.05, 3.63) is 71.5 Å². The lowest BCUT2D eigenvalue weighted by atomic mass is 9.72. The number of halogens is 1. The van der Waals surface area contributed by atoms with Crippen molar-refractivity contribution >= 4 is 27.6 Å². The monoisotopic (exact) mass is 700 g/mol. The number of β-amino-alcohol motifs (C(OH)–C–C–N with tert-alkyl or cyclic N) is 1. The molecule has 0 aromatic heterocycles. The molecule has 2 fully saturated rings. The summed E-state index contributed by atoms with van der Waals surface area (Å²) < 4.78 is 38.1. The fraction of sp³-hybridized carbons (Fsp3) is 0.595. The van der Waals surface area contributed by atoms with Gasteiger partial charge in [0, 0.05) is 30.4 Å². The Bertz CT molecular complexity index is 1580. The summed E-state index contributed by atoms with van der Waals surface area (Å²) in [7, 11) is -3.93. The van der Waals surface area contributed by atoms with Gasteiger partial charge in [-0.25, -0.2) is 12.8 Å². The van der Waals surface area contributed by atoms with E-state index >= 15 is 0 Å². The Labute approximate surface area is 290 Å². The fourth-order valence-electron chi connectivity index (χ4n) is 7.03. The largest absolute Gasteiger partial charge is 0.390 e. The predicted molar refractivity (Wildman–Crippen MR) is 188 cm³/mol. The molecule has 270 valence electrons. The molecule has 0 spiro atoms. The van der Waals surface area contributed by atoms with E-state index in [2.05, 4.69) is 16.0 Å². The third-order valence-corrected chi connectivity index (χ3v) is 12.2. The molecule has 4 N–H and O–H groups in total. The number of aliphatic hydroxyl groups is 1. The van der Waals surface area contributed by atoms with Gasteiger partial charge < -0.3 is 21.1 Å². The summed E-state index contributed by atoms with van der Waals surface area (Å²) in [6.45, 7) is 9.22. The van der Waals surface area contributed by atoms with E-state index in [0.29, 0.717) is 24.8 Å². The van der Waals surface area contributed by atoms with Crippen LogP contribution < -0.4 is 16.0 Å². The van der Waals surface area contributed by atoms with Gasteiger partial charge in [0.2, 0.25) is 11.8 Å². The molecule has 3 unspecified atom stereocenters. The molecular weight excluding hydrogens is 647 g/mol. The molecule has 4 rings (SSSR count). The van der Waals surface area contributed by atoms with E-state index < -0.39 is 62.0 Å². The number of nitrogens with zero attached hydrogens (tertiary/aromatic N) is 1. The van der Waals surface area contributed by atoms with Crippen molar-refractivity contribution in [3.8, 4) is 0 Å². The first-order valence-corrected chi connectivity index (χ1v) is 19.1. The zero-order valence-corrected chi connectivity index (χ0v) is 30.4. The molecule has 1 saturated heterocycles. The maximum atomic E-state index is 14.1. The lowest BCUT2D eigenvalue weighted by Gasteiger charge is -2.47. The first kappa shape index (κ1) is 38.5. The minimum atomic E-state index is -3.93. The molecule has 1 heterocycles. The van der Waals surface area contributed by atoms with Gasteiger partial charge in [0.1, 0.15) is 11.9 Å². The second-order valence-corrected chi connectivity index (χ2v) is 18.0. The molecule has 10 nitrogen and oxygen atoms in total. The van der Waals surface area contributed by atoms with Crippen molar-refractivity contribution in [1.82, 2.24) is 20.9 Å². The quantitative estimate of drug-likeness (QED) is 0.265. The standard InChI is InChI=1S/C37H53FN4O6S/c1-36(2,3)41-34(45)30-21-25-15-10-11-16-27(25)22-42(30)23-31(43)29(19-24-13-8-7-9-14-24)39-35(46)32(37(4,5)49(6,47)48)40-33(44)26-17-12-18-28(38)20-26/h7-9,12-14,17-18,20,25,27,29-32,43H,10-11,15-16,19,21-23H2,1-6H3,(H,39,46)(H,40,44)(H,41,45)/t25-,27+,29?,30?,31?,32+/m0/s1. The summed E-state index contributed by atoms with van der Waals surface area (Å²) in [4.78, 5) is 43.0. The van der Waals surface area contributed by atoms with E-state index in [1.165, 1.54) is 32.0 Å². The highest BCUT2D eigenvalue weighted by molar-refractivity contribution is 7.92. The van der Waals surface area contributed by atoms with Crippen LogP contribution in [0.25, 0.3) is 0 Å². The number of hydrogen-bond donors (Lipinski definition) is 4. The minimum absolute atomic E-state index is 0.0753. The summed E-state index contributed by atoms with van der Waals surface area (Å²) in [5.41, 5.74) is 0.308. The number of likely N-dealkylation sites (tertiary alicyclic amines) is 1. The first-order valence-electron chi connectivity index (χ1n) is 17.2. The topological polar surface area (TPSA) is 145 Å². The molecule has 1 aliphatic carbocycles. The summed E-state index contributed by atoms with van der Waals surface area (Å²) in [5.74, 6) is -1.55. The third kappa shape index (κ3) is 10.1. The fourth-order valence-corrected chi connectivity index (χ4v) is 7.62. The molecule has 3 amide bonds. The molecule has 0 bridgehead atoms. The van der Waals surface area contributed by atoms with E-state index in [1.807, 2.05) is 56.0 Å². The summed E-state index contributed by atoms with van der Waals surface area (Å²) >= 11 is 0. The number of amides is 3.